The number of thioether (sulfide) groups is 1. The lowest BCUT2D eigenvalue weighted by Gasteiger charge is -2.17. The van der Waals surface area contributed by atoms with Crippen molar-refractivity contribution in [2.24, 2.45) is 10.1 Å². The molecule has 2 aliphatic heterocycles. The summed E-state index contributed by atoms with van der Waals surface area (Å²) in [7, 11) is 0. The van der Waals surface area contributed by atoms with Crippen molar-refractivity contribution in [3.8, 4) is 0 Å². The Bertz CT molecular complexity index is 835. The molecular weight excluding hydrogens is 344 g/mol. The van der Waals surface area contributed by atoms with Gasteiger partial charge >= 0.3 is 0 Å². The third-order valence-corrected chi connectivity index (χ3v) is 5.79. The Hall–Kier alpha value is -2.05. The Labute approximate surface area is 158 Å². The van der Waals surface area contributed by atoms with Crippen LogP contribution >= 0.6 is 11.8 Å². The summed E-state index contributed by atoms with van der Waals surface area (Å²) in [6.45, 7) is 6.18. The molecule has 0 amide bonds. The molecular formula is C20H24N4OS. The number of nitrogens with zero attached hydrogens (tertiary/aromatic N) is 3. The van der Waals surface area contributed by atoms with Gasteiger partial charge in [-0.05, 0) is 44.9 Å². The van der Waals surface area contributed by atoms with Crippen LogP contribution in [-0.4, -0.2) is 33.9 Å². The molecule has 1 saturated heterocycles. The number of hydrogen-bond acceptors (Lipinski definition) is 4. The van der Waals surface area contributed by atoms with Gasteiger partial charge in [0.15, 0.2) is 5.17 Å². The van der Waals surface area contributed by atoms with Gasteiger partial charge in [-0.15, -0.1) is 0 Å². The van der Waals surface area contributed by atoms with E-state index in [1.54, 1.807) is 11.8 Å². The average Bonchev–Trinajstić information content (AvgIpc) is 3.27. The zero-order chi connectivity index (χ0) is 17.9. The highest BCUT2D eigenvalue weighted by atomic mass is 32.2. The van der Waals surface area contributed by atoms with E-state index in [-0.39, 0.29) is 0 Å². The molecule has 0 aliphatic carbocycles. The fourth-order valence-electron chi connectivity index (χ4n) is 3.50. The Morgan fingerprint density at radius 1 is 1.31 bits per heavy atom. The molecule has 1 N–H and O–H groups in total. The van der Waals surface area contributed by atoms with Gasteiger partial charge in [-0.2, -0.15) is 5.10 Å². The molecule has 0 unspecified atom stereocenters. The molecule has 0 saturated carbocycles. The third kappa shape index (κ3) is 3.71. The number of para-hydroxylation sites is 1. The second-order valence-corrected chi connectivity index (χ2v) is 7.71. The number of benzene rings is 1. The normalized spacial score (nSPS) is 21.7. The molecule has 0 spiro atoms. The van der Waals surface area contributed by atoms with Gasteiger partial charge in [-0.25, -0.2) is 4.99 Å². The molecule has 1 fully saturated rings. The van der Waals surface area contributed by atoms with Crippen molar-refractivity contribution in [3.05, 3.63) is 53.3 Å². The quantitative estimate of drug-likeness (QED) is 0.887. The lowest BCUT2D eigenvalue weighted by Crippen LogP contribution is -2.25. The van der Waals surface area contributed by atoms with Crippen LogP contribution in [0.5, 0.6) is 0 Å². The van der Waals surface area contributed by atoms with E-state index in [9.17, 15) is 0 Å². The topological polar surface area (TPSA) is 50.9 Å². The second kappa shape index (κ2) is 7.68. The molecule has 6 heteroatoms. The van der Waals surface area contributed by atoms with Crippen LogP contribution in [0.2, 0.25) is 0 Å². The fourth-order valence-corrected chi connectivity index (χ4v) is 4.27. The summed E-state index contributed by atoms with van der Waals surface area (Å²) in [5.41, 5.74) is 8.89. The SMILES string of the molecule is Cc1cc(C2=NNC(=Nc3ccccc3)SC2)c(C)n1C[C@@H]1CCCO1. The molecule has 0 bridgehead atoms. The summed E-state index contributed by atoms with van der Waals surface area (Å²) in [5.74, 6) is 0.822. The van der Waals surface area contributed by atoms with E-state index in [0.29, 0.717) is 6.10 Å². The van der Waals surface area contributed by atoms with E-state index in [1.165, 1.54) is 23.4 Å². The number of rotatable bonds is 4. The van der Waals surface area contributed by atoms with Gasteiger partial charge in [0.1, 0.15) is 0 Å². The highest BCUT2D eigenvalue weighted by molar-refractivity contribution is 8.14. The van der Waals surface area contributed by atoms with Crippen LogP contribution in [0.25, 0.3) is 0 Å². The lowest BCUT2D eigenvalue weighted by atomic mass is 10.1. The van der Waals surface area contributed by atoms with E-state index in [0.717, 1.165) is 41.9 Å². The van der Waals surface area contributed by atoms with Crippen molar-refractivity contribution in [1.29, 1.82) is 0 Å². The molecule has 2 aromatic rings. The minimum absolute atomic E-state index is 0.345. The zero-order valence-corrected chi connectivity index (χ0v) is 16.1. The van der Waals surface area contributed by atoms with Gasteiger partial charge in [-0.3, -0.25) is 5.43 Å². The smallest absolute Gasteiger partial charge is 0.182 e. The molecule has 3 heterocycles. The van der Waals surface area contributed by atoms with Gasteiger partial charge in [-0.1, -0.05) is 30.0 Å². The molecule has 1 atom stereocenters. The first-order valence-corrected chi connectivity index (χ1v) is 10.1. The highest BCUT2D eigenvalue weighted by Crippen LogP contribution is 2.24. The van der Waals surface area contributed by atoms with Gasteiger partial charge in [0, 0.05) is 35.9 Å². The second-order valence-electron chi connectivity index (χ2n) is 6.74. The number of aliphatic imine (C=N–C) groups is 1. The Kier molecular flexibility index (Phi) is 5.13. The van der Waals surface area contributed by atoms with Gasteiger partial charge in [0.05, 0.1) is 17.5 Å². The van der Waals surface area contributed by atoms with Gasteiger partial charge in [0.25, 0.3) is 0 Å². The van der Waals surface area contributed by atoms with Crippen LogP contribution in [-0.2, 0) is 11.3 Å². The molecule has 1 aromatic carbocycles. The first kappa shape index (κ1) is 17.4. The molecule has 4 rings (SSSR count). The number of aryl methyl sites for hydroxylation is 1. The van der Waals surface area contributed by atoms with Crippen molar-refractivity contribution in [2.75, 3.05) is 12.4 Å². The summed E-state index contributed by atoms with van der Waals surface area (Å²) >= 11 is 1.69. The van der Waals surface area contributed by atoms with Crippen molar-refractivity contribution in [3.63, 3.8) is 0 Å². The minimum atomic E-state index is 0.345. The Balaban J connectivity index is 1.51. The van der Waals surface area contributed by atoms with E-state index in [4.69, 9.17) is 4.74 Å². The number of amidine groups is 1. The van der Waals surface area contributed by atoms with Crippen molar-refractivity contribution >= 4 is 28.3 Å². The maximum atomic E-state index is 5.81. The Morgan fingerprint density at radius 3 is 2.85 bits per heavy atom. The van der Waals surface area contributed by atoms with E-state index < -0.39 is 0 Å². The molecule has 5 nitrogen and oxygen atoms in total. The summed E-state index contributed by atoms with van der Waals surface area (Å²) in [6.07, 6.45) is 2.68. The first-order valence-electron chi connectivity index (χ1n) is 9.08. The van der Waals surface area contributed by atoms with Crippen LogP contribution in [0, 0.1) is 13.8 Å². The monoisotopic (exact) mass is 368 g/mol. The highest BCUT2D eigenvalue weighted by Gasteiger charge is 2.22. The first-order chi connectivity index (χ1) is 12.7. The maximum Gasteiger partial charge on any atom is 0.182 e. The number of hydrogen-bond donors (Lipinski definition) is 1. The molecule has 1 aromatic heterocycles. The van der Waals surface area contributed by atoms with Crippen LogP contribution in [0.15, 0.2) is 46.5 Å². The molecule has 2 aliphatic rings. The van der Waals surface area contributed by atoms with E-state index in [2.05, 4.69) is 40.0 Å². The predicted molar refractivity (Wildman–Crippen MR) is 109 cm³/mol. The number of hydrazone groups is 1. The fraction of sp³-hybridized carbons (Fsp3) is 0.400. The largest absolute Gasteiger partial charge is 0.376 e. The average molecular weight is 369 g/mol. The lowest BCUT2D eigenvalue weighted by molar-refractivity contribution is 0.0962. The van der Waals surface area contributed by atoms with Gasteiger partial charge in [0.2, 0.25) is 0 Å². The van der Waals surface area contributed by atoms with Crippen molar-refractivity contribution in [1.82, 2.24) is 9.99 Å². The predicted octanol–water partition coefficient (Wildman–Crippen LogP) is 4.01. The number of nitrogens with one attached hydrogen (secondary N) is 1. The van der Waals surface area contributed by atoms with E-state index in [1.807, 2.05) is 30.3 Å². The minimum Gasteiger partial charge on any atom is -0.376 e. The summed E-state index contributed by atoms with van der Waals surface area (Å²) in [5, 5.41) is 5.44. The van der Waals surface area contributed by atoms with Gasteiger partial charge < -0.3 is 9.30 Å². The summed E-state index contributed by atoms with van der Waals surface area (Å²) < 4.78 is 8.18. The van der Waals surface area contributed by atoms with Crippen LogP contribution < -0.4 is 5.43 Å². The van der Waals surface area contributed by atoms with Crippen LogP contribution in [0.3, 0.4) is 0 Å². The molecule has 0 radical (unpaired) electrons. The number of aromatic nitrogens is 1. The maximum absolute atomic E-state index is 5.81. The standard InChI is InChI=1S/C20H24N4OS/c1-14-11-18(15(2)24(14)12-17-9-6-10-25-17)19-13-26-20(23-22-19)21-16-7-4-3-5-8-16/h3-5,7-8,11,17H,6,9-10,12-13H2,1-2H3,(H,21,23)/t17-/m0/s1. The van der Waals surface area contributed by atoms with Crippen LogP contribution in [0.1, 0.15) is 29.8 Å². The van der Waals surface area contributed by atoms with Crippen LogP contribution in [0.4, 0.5) is 5.69 Å². The Morgan fingerprint density at radius 2 is 2.15 bits per heavy atom. The summed E-state index contributed by atoms with van der Waals surface area (Å²) in [6, 6.07) is 12.2. The van der Waals surface area contributed by atoms with Crippen molar-refractivity contribution < 1.29 is 4.74 Å². The number of ether oxygens (including phenoxy) is 1. The van der Waals surface area contributed by atoms with E-state index >= 15 is 0 Å². The zero-order valence-electron chi connectivity index (χ0n) is 15.2. The van der Waals surface area contributed by atoms with Crippen molar-refractivity contribution in [2.45, 2.75) is 39.3 Å². The third-order valence-electron chi connectivity index (χ3n) is 4.91. The summed E-state index contributed by atoms with van der Waals surface area (Å²) in [4.78, 5) is 4.60. The molecule has 26 heavy (non-hydrogen) atoms. The molecule has 136 valence electrons.